The molecule has 3 aromatic rings. The molecule has 0 radical (unpaired) electrons. The van der Waals surface area contributed by atoms with Gasteiger partial charge in [0.15, 0.2) is 5.82 Å². The lowest BCUT2D eigenvalue weighted by Gasteiger charge is -2.32. The van der Waals surface area contributed by atoms with E-state index in [0.717, 1.165) is 60.6 Å². The molecule has 0 bridgehead atoms. The fraction of sp³-hybridized carbons (Fsp3) is 0.421. The molecule has 0 aliphatic carbocycles. The third-order valence-electron chi connectivity index (χ3n) is 4.87. The van der Waals surface area contributed by atoms with E-state index >= 15 is 0 Å². The summed E-state index contributed by atoms with van der Waals surface area (Å²) >= 11 is 0. The Hall–Kier alpha value is -2.83. The number of aromatic nitrogens is 6. The lowest BCUT2D eigenvalue weighted by molar-refractivity contribution is 0.482. The van der Waals surface area contributed by atoms with E-state index in [1.165, 1.54) is 0 Å². The fourth-order valence-electron chi connectivity index (χ4n) is 3.49. The molecular weight excluding hydrogens is 326 g/mol. The highest BCUT2D eigenvalue weighted by molar-refractivity contribution is 5.50. The predicted molar refractivity (Wildman–Crippen MR) is 99.9 cm³/mol. The zero-order valence-corrected chi connectivity index (χ0v) is 15.4. The van der Waals surface area contributed by atoms with Gasteiger partial charge in [0.25, 0.3) is 0 Å². The van der Waals surface area contributed by atoms with Gasteiger partial charge in [0.05, 0.1) is 0 Å². The maximum absolute atomic E-state index is 4.83. The van der Waals surface area contributed by atoms with Gasteiger partial charge in [-0.3, -0.25) is 0 Å². The van der Waals surface area contributed by atoms with Crippen LogP contribution >= 0.6 is 0 Å². The molecule has 26 heavy (non-hydrogen) atoms. The van der Waals surface area contributed by atoms with Crippen molar-refractivity contribution in [2.24, 2.45) is 7.05 Å². The average molecular weight is 349 g/mol. The molecule has 134 valence electrons. The normalized spacial score (nSPS) is 15.4. The molecule has 0 unspecified atom stereocenters. The minimum Gasteiger partial charge on any atom is -0.356 e. The molecule has 3 aromatic heterocycles. The first-order valence-electron chi connectivity index (χ1n) is 8.98. The number of hydrogen-bond acceptors (Lipinski definition) is 6. The zero-order valence-electron chi connectivity index (χ0n) is 15.4. The van der Waals surface area contributed by atoms with Gasteiger partial charge in [-0.15, -0.1) is 0 Å². The lowest BCUT2D eigenvalue weighted by atomic mass is 9.95. The van der Waals surface area contributed by atoms with Crippen LogP contribution in [0.25, 0.3) is 11.5 Å². The second-order valence-electron chi connectivity index (χ2n) is 6.84. The van der Waals surface area contributed by atoms with Gasteiger partial charge in [-0.05, 0) is 38.8 Å². The number of piperidine rings is 1. The Morgan fingerprint density at radius 3 is 2.50 bits per heavy atom. The molecule has 7 nitrogen and oxygen atoms in total. The zero-order chi connectivity index (χ0) is 18.1. The van der Waals surface area contributed by atoms with E-state index in [-0.39, 0.29) is 0 Å². The van der Waals surface area contributed by atoms with Crippen molar-refractivity contribution in [1.29, 1.82) is 0 Å². The summed E-state index contributed by atoms with van der Waals surface area (Å²) in [7, 11) is 1.99. The molecule has 0 saturated carbocycles. The van der Waals surface area contributed by atoms with E-state index < -0.39 is 0 Å². The van der Waals surface area contributed by atoms with Crippen LogP contribution in [0.15, 0.2) is 30.7 Å². The van der Waals surface area contributed by atoms with Crippen molar-refractivity contribution >= 4 is 5.82 Å². The van der Waals surface area contributed by atoms with Crippen molar-refractivity contribution in [3.63, 3.8) is 0 Å². The Morgan fingerprint density at radius 1 is 1.00 bits per heavy atom. The first-order valence-corrected chi connectivity index (χ1v) is 8.98. The number of hydrogen-bond donors (Lipinski definition) is 0. The highest BCUT2D eigenvalue weighted by Gasteiger charge is 2.24. The van der Waals surface area contributed by atoms with Crippen LogP contribution in [0.4, 0.5) is 5.82 Å². The largest absolute Gasteiger partial charge is 0.356 e. The first kappa shape index (κ1) is 16.6. The van der Waals surface area contributed by atoms with Crippen LogP contribution in [-0.4, -0.2) is 42.6 Å². The Balaban J connectivity index is 1.53. The smallest absolute Gasteiger partial charge is 0.158 e. The number of anilines is 1. The maximum Gasteiger partial charge on any atom is 0.158 e. The topological polar surface area (TPSA) is 72.6 Å². The van der Waals surface area contributed by atoms with Crippen LogP contribution in [-0.2, 0) is 7.05 Å². The van der Waals surface area contributed by atoms with Crippen LogP contribution in [0.1, 0.15) is 36.1 Å². The highest BCUT2D eigenvalue weighted by atomic mass is 15.2. The summed E-state index contributed by atoms with van der Waals surface area (Å²) in [6, 6.07) is 3.99. The summed E-state index contributed by atoms with van der Waals surface area (Å²) in [6.07, 6.45) is 7.61. The van der Waals surface area contributed by atoms with E-state index in [9.17, 15) is 0 Å². The number of nitrogens with zero attached hydrogens (tertiary/aromatic N) is 7. The Morgan fingerprint density at radius 2 is 1.81 bits per heavy atom. The molecule has 1 aliphatic heterocycles. The summed E-state index contributed by atoms with van der Waals surface area (Å²) in [5.74, 6) is 4.00. The van der Waals surface area contributed by atoms with Gasteiger partial charge in [0.1, 0.15) is 23.2 Å². The molecule has 0 aromatic carbocycles. The highest BCUT2D eigenvalue weighted by Crippen LogP contribution is 2.29. The van der Waals surface area contributed by atoms with Crippen molar-refractivity contribution in [3.05, 3.63) is 48.1 Å². The second-order valence-corrected chi connectivity index (χ2v) is 6.84. The standard InChI is InChI=1S/C19H23N7/c1-13-12-16(19-21-8-11-25(19)3)24-18(22-13)15-5-9-26(10-6-15)17-4-7-20-14(2)23-17/h4,7-8,11-12,15H,5-6,9-10H2,1-3H3. The third kappa shape index (κ3) is 3.29. The fourth-order valence-corrected chi connectivity index (χ4v) is 3.49. The minimum absolute atomic E-state index is 0.369. The van der Waals surface area contributed by atoms with Crippen molar-refractivity contribution in [2.75, 3.05) is 18.0 Å². The van der Waals surface area contributed by atoms with Crippen molar-refractivity contribution in [2.45, 2.75) is 32.6 Å². The predicted octanol–water partition coefficient (Wildman–Crippen LogP) is 2.67. The van der Waals surface area contributed by atoms with Crippen LogP contribution in [0.5, 0.6) is 0 Å². The van der Waals surface area contributed by atoms with Gasteiger partial charge >= 0.3 is 0 Å². The summed E-state index contributed by atoms with van der Waals surface area (Å²) in [5, 5.41) is 0. The summed E-state index contributed by atoms with van der Waals surface area (Å²) in [5.41, 5.74) is 1.88. The van der Waals surface area contributed by atoms with Crippen LogP contribution in [0.2, 0.25) is 0 Å². The monoisotopic (exact) mass is 349 g/mol. The SMILES string of the molecule is Cc1cc(-c2nccn2C)nc(C2CCN(c3ccnc(C)n3)CC2)n1. The summed E-state index contributed by atoms with van der Waals surface area (Å²) in [6.45, 7) is 5.86. The molecule has 1 fully saturated rings. The average Bonchev–Trinajstić information content (AvgIpc) is 3.07. The van der Waals surface area contributed by atoms with Gasteiger partial charge in [-0.25, -0.2) is 24.9 Å². The third-order valence-corrected chi connectivity index (χ3v) is 4.87. The molecule has 0 amide bonds. The first-order chi connectivity index (χ1) is 12.6. The van der Waals surface area contributed by atoms with Crippen LogP contribution in [0, 0.1) is 13.8 Å². The molecule has 4 rings (SSSR count). The summed E-state index contributed by atoms with van der Waals surface area (Å²) in [4.78, 5) is 25.0. The van der Waals surface area contributed by atoms with E-state index in [0.29, 0.717) is 5.92 Å². The maximum atomic E-state index is 4.83. The van der Waals surface area contributed by atoms with Crippen LogP contribution in [0.3, 0.4) is 0 Å². The van der Waals surface area contributed by atoms with E-state index in [4.69, 9.17) is 9.97 Å². The Kier molecular flexibility index (Phi) is 4.36. The molecule has 1 aliphatic rings. The number of rotatable bonds is 3. The minimum atomic E-state index is 0.369. The van der Waals surface area contributed by atoms with E-state index in [1.807, 2.05) is 50.0 Å². The van der Waals surface area contributed by atoms with Gasteiger partial charge in [0.2, 0.25) is 0 Å². The molecule has 0 N–H and O–H groups in total. The van der Waals surface area contributed by atoms with Crippen molar-refractivity contribution < 1.29 is 0 Å². The lowest BCUT2D eigenvalue weighted by Crippen LogP contribution is -2.34. The van der Waals surface area contributed by atoms with Gasteiger partial charge in [-0.2, -0.15) is 0 Å². The van der Waals surface area contributed by atoms with Crippen molar-refractivity contribution in [1.82, 2.24) is 29.5 Å². The van der Waals surface area contributed by atoms with E-state index in [1.54, 1.807) is 6.20 Å². The molecule has 0 spiro atoms. The van der Waals surface area contributed by atoms with Gasteiger partial charge < -0.3 is 9.47 Å². The Bertz CT molecular complexity index is 910. The molecule has 1 saturated heterocycles. The van der Waals surface area contributed by atoms with Gasteiger partial charge in [0, 0.05) is 50.3 Å². The second kappa shape index (κ2) is 6.82. The molecular formula is C19H23N7. The van der Waals surface area contributed by atoms with Crippen LogP contribution < -0.4 is 4.90 Å². The summed E-state index contributed by atoms with van der Waals surface area (Å²) < 4.78 is 1.99. The van der Waals surface area contributed by atoms with Crippen molar-refractivity contribution in [3.8, 4) is 11.5 Å². The quantitative estimate of drug-likeness (QED) is 0.724. The molecule has 0 atom stereocenters. The number of imidazole rings is 1. The molecule has 4 heterocycles. The molecule has 7 heteroatoms. The Labute approximate surface area is 153 Å². The number of aryl methyl sites for hydroxylation is 3. The van der Waals surface area contributed by atoms with Gasteiger partial charge in [-0.1, -0.05) is 0 Å². The van der Waals surface area contributed by atoms with E-state index in [2.05, 4.69) is 19.9 Å².